The minimum Gasteiger partial charge on any atom is -0.450 e. The van der Waals surface area contributed by atoms with E-state index in [0.29, 0.717) is 11.4 Å². The Hall–Kier alpha value is -3.87. The van der Waals surface area contributed by atoms with E-state index in [1.807, 2.05) is 0 Å². The largest absolute Gasteiger partial charge is 0.450 e. The van der Waals surface area contributed by atoms with Crippen molar-refractivity contribution in [3.05, 3.63) is 106 Å². The summed E-state index contributed by atoms with van der Waals surface area (Å²) in [6.45, 7) is 0. The zero-order valence-electron chi connectivity index (χ0n) is 14.8. The van der Waals surface area contributed by atoms with E-state index in [1.54, 1.807) is 18.2 Å². The summed E-state index contributed by atoms with van der Waals surface area (Å²) in [5.74, 6) is -1.40. The van der Waals surface area contributed by atoms with E-state index in [2.05, 4.69) is 4.98 Å². The number of aromatic nitrogens is 1. The zero-order chi connectivity index (χ0) is 20.1. The van der Waals surface area contributed by atoms with Gasteiger partial charge in [0.1, 0.15) is 23.0 Å². The summed E-state index contributed by atoms with van der Waals surface area (Å²) in [4.78, 5) is 32.0. The summed E-state index contributed by atoms with van der Waals surface area (Å²) in [5.41, 5.74) is 0.184. The van der Waals surface area contributed by atoms with Crippen molar-refractivity contribution in [3.63, 3.8) is 0 Å². The van der Waals surface area contributed by atoms with Crippen LogP contribution < -0.4 is 10.3 Å². The van der Waals surface area contributed by atoms with Crippen LogP contribution in [0.15, 0.2) is 76.1 Å². The van der Waals surface area contributed by atoms with Crippen LogP contribution in [0.25, 0.3) is 11.0 Å². The van der Waals surface area contributed by atoms with Gasteiger partial charge in [0.2, 0.25) is 5.76 Å². The Morgan fingerprint density at radius 2 is 1.69 bits per heavy atom. The highest BCUT2D eigenvalue weighted by molar-refractivity contribution is 6.10. The highest BCUT2D eigenvalue weighted by atomic mass is 19.1. The number of benzene rings is 2. The molecule has 1 aliphatic rings. The summed E-state index contributed by atoms with van der Waals surface area (Å²) in [5, 5.41) is 0.0338. The van der Waals surface area contributed by atoms with E-state index < -0.39 is 29.0 Å². The number of hydrogen-bond donors (Lipinski definition) is 0. The molecule has 5 nitrogen and oxygen atoms in total. The van der Waals surface area contributed by atoms with Gasteiger partial charge in [-0.2, -0.15) is 0 Å². The third-order valence-corrected chi connectivity index (χ3v) is 4.91. The Labute approximate surface area is 162 Å². The Balaban J connectivity index is 1.83. The Kier molecular flexibility index (Phi) is 3.77. The summed E-state index contributed by atoms with van der Waals surface area (Å²) in [7, 11) is 0. The predicted molar refractivity (Wildman–Crippen MR) is 102 cm³/mol. The molecule has 0 bridgehead atoms. The molecule has 4 aromatic rings. The van der Waals surface area contributed by atoms with Crippen molar-refractivity contribution in [2.45, 2.75) is 6.04 Å². The lowest BCUT2D eigenvalue weighted by Crippen LogP contribution is -2.30. The van der Waals surface area contributed by atoms with Gasteiger partial charge in [-0.05, 0) is 48.0 Å². The highest BCUT2D eigenvalue weighted by Crippen LogP contribution is 2.40. The fraction of sp³-hybridized carbons (Fsp3) is 0.0455. The number of carbonyl (C=O) groups is 1. The van der Waals surface area contributed by atoms with Gasteiger partial charge in [-0.15, -0.1) is 0 Å². The van der Waals surface area contributed by atoms with Crippen molar-refractivity contribution < 1.29 is 18.0 Å². The maximum absolute atomic E-state index is 13.7. The lowest BCUT2D eigenvalue weighted by molar-refractivity contribution is 0.0970. The average molecular weight is 390 g/mol. The topological polar surface area (TPSA) is 63.4 Å². The number of nitrogens with zero attached hydrogens (tertiary/aromatic N) is 2. The number of rotatable bonds is 2. The van der Waals surface area contributed by atoms with Gasteiger partial charge >= 0.3 is 0 Å². The molecule has 0 saturated carbocycles. The number of halogens is 2. The van der Waals surface area contributed by atoms with Crippen LogP contribution in [0.2, 0.25) is 0 Å². The number of carbonyl (C=O) groups excluding carboxylic acids is 1. The fourth-order valence-electron chi connectivity index (χ4n) is 3.64. The average Bonchev–Trinajstić information content (AvgIpc) is 3.03. The molecule has 29 heavy (non-hydrogen) atoms. The zero-order valence-corrected chi connectivity index (χ0v) is 14.8. The van der Waals surface area contributed by atoms with Crippen LogP contribution in [0.5, 0.6) is 0 Å². The minimum absolute atomic E-state index is 0.0338. The van der Waals surface area contributed by atoms with E-state index >= 15 is 0 Å². The van der Waals surface area contributed by atoms with E-state index in [-0.39, 0.29) is 22.3 Å². The van der Waals surface area contributed by atoms with Gasteiger partial charge in [0.15, 0.2) is 5.43 Å². The lowest BCUT2D eigenvalue weighted by Gasteiger charge is -2.24. The molecule has 5 rings (SSSR count). The summed E-state index contributed by atoms with van der Waals surface area (Å²) in [6, 6.07) is 13.2. The molecule has 0 unspecified atom stereocenters. The van der Waals surface area contributed by atoms with Crippen LogP contribution in [0.4, 0.5) is 14.6 Å². The van der Waals surface area contributed by atoms with Crippen molar-refractivity contribution in [1.82, 2.24) is 4.98 Å². The Bertz CT molecular complexity index is 1320. The van der Waals surface area contributed by atoms with Crippen molar-refractivity contribution in [1.29, 1.82) is 0 Å². The molecule has 142 valence electrons. The molecule has 0 radical (unpaired) electrons. The van der Waals surface area contributed by atoms with E-state index in [4.69, 9.17) is 4.42 Å². The molecule has 0 aliphatic carbocycles. The summed E-state index contributed by atoms with van der Waals surface area (Å²) >= 11 is 0. The molecule has 2 aromatic heterocycles. The molecule has 0 saturated heterocycles. The first-order chi connectivity index (χ1) is 14.0. The summed E-state index contributed by atoms with van der Waals surface area (Å²) in [6.07, 6.45) is 1.52. The number of hydrogen-bond acceptors (Lipinski definition) is 4. The first-order valence-corrected chi connectivity index (χ1v) is 8.81. The minimum atomic E-state index is -0.878. The van der Waals surface area contributed by atoms with Gasteiger partial charge in [0, 0.05) is 6.20 Å². The number of fused-ring (bicyclic) bond motifs is 2. The van der Waals surface area contributed by atoms with E-state index in [1.165, 1.54) is 41.4 Å². The van der Waals surface area contributed by atoms with Gasteiger partial charge in [0.25, 0.3) is 5.91 Å². The number of pyridine rings is 1. The quantitative estimate of drug-likeness (QED) is 0.514. The van der Waals surface area contributed by atoms with Gasteiger partial charge in [-0.1, -0.05) is 18.2 Å². The van der Waals surface area contributed by atoms with Crippen molar-refractivity contribution >= 4 is 22.7 Å². The Morgan fingerprint density at radius 1 is 0.931 bits per heavy atom. The monoisotopic (exact) mass is 390 g/mol. The molecule has 2 aromatic carbocycles. The molecular weight excluding hydrogens is 378 g/mol. The smallest absolute Gasteiger partial charge is 0.296 e. The second kappa shape index (κ2) is 6.34. The highest BCUT2D eigenvalue weighted by Gasteiger charge is 2.44. The third kappa shape index (κ3) is 2.62. The van der Waals surface area contributed by atoms with Crippen molar-refractivity contribution in [3.8, 4) is 0 Å². The summed E-state index contributed by atoms with van der Waals surface area (Å²) < 4.78 is 32.9. The van der Waals surface area contributed by atoms with Crippen molar-refractivity contribution in [2.24, 2.45) is 0 Å². The second-order valence-electron chi connectivity index (χ2n) is 6.63. The third-order valence-electron chi connectivity index (χ3n) is 4.91. The maximum Gasteiger partial charge on any atom is 0.296 e. The number of amides is 1. The van der Waals surface area contributed by atoms with E-state index in [9.17, 15) is 18.4 Å². The van der Waals surface area contributed by atoms with Crippen LogP contribution in [0.3, 0.4) is 0 Å². The number of anilines is 1. The van der Waals surface area contributed by atoms with Gasteiger partial charge in [-0.3, -0.25) is 14.5 Å². The van der Waals surface area contributed by atoms with Gasteiger partial charge < -0.3 is 4.42 Å². The SMILES string of the molecule is O=C1c2oc3ccc(F)cc3c(=O)c2[C@H](c2ccc(F)cc2)N1c1ccccn1. The molecule has 1 aliphatic heterocycles. The normalized spacial score (nSPS) is 15.7. The molecule has 7 heteroatoms. The standard InChI is InChI=1S/C22H12F2N2O3/c23-13-6-4-12(5-7-13)19-18-20(27)15-11-14(24)8-9-16(15)29-21(18)22(28)26(19)17-3-1-2-10-25-17/h1-11,19H/t19-/m0/s1. The molecule has 0 N–H and O–H groups in total. The first kappa shape index (κ1) is 17.2. The maximum atomic E-state index is 13.7. The first-order valence-electron chi connectivity index (χ1n) is 8.81. The molecular formula is C22H12F2N2O3. The lowest BCUT2D eigenvalue weighted by atomic mass is 9.98. The predicted octanol–water partition coefficient (Wildman–Crippen LogP) is 4.22. The molecule has 0 fully saturated rings. The van der Waals surface area contributed by atoms with Crippen LogP contribution in [0.1, 0.15) is 27.7 Å². The molecule has 3 heterocycles. The van der Waals surface area contributed by atoms with Gasteiger partial charge in [-0.25, -0.2) is 13.8 Å². The second-order valence-corrected chi connectivity index (χ2v) is 6.63. The van der Waals surface area contributed by atoms with Crippen LogP contribution in [-0.4, -0.2) is 10.9 Å². The Morgan fingerprint density at radius 3 is 2.41 bits per heavy atom. The van der Waals surface area contributed by atoms with Crippen LogP contribution in [-0.2, 0) is 0 Å². The fourth-order valence-corrected chi connectivity index (χ4v) is 3.64. The van der Waals surface area contributed by atoms with Crippen LogP contribution in [0, 0.1) is 11.6 Å². The molecule has 1 atom stereocenters. The molecule has 1 amide bonds. The van der Waals surface area contributed by atoms with E-state index in [0.717, 1.165) is 12.1 Å². The van der Waals surface area contributed by atoms with Gasteiger partial charge in [0.05, 0.1) is 17.0 Å². The van der Waals surface area contributed by atoms with Crippen molar-refractivity contribution in [2.75, 3.05) is 4.90 Å². The molecule has 0 spiro atoms. The van der Waals surface area contributed by atoms with Crippen LogP contribution >= 0.6 is 0 Å².